The first-order valence-electron chi connectivity index (χ1n) is 8.25. The van der Waals surface area contributed by atoms with E-state index in [4.69, 9.17) is 0 Å². The average molecular weight is 328 g/mol. The molecule has 2 heterocycles. The molecule has 3 rings (SSSR count). The molecular formula is C18H21FN4O. The van der Waals surface area contributed by atoms with Gasteiger partial charge in [0.25, 0.3) is 0 Å². The molecule has 1 saturated heterocycles. The standard InChI is InChI=1S/C18H21FN4O/c19-16-3-1-14(2-4-16)5-8-22-18(24)15-6-11-23(12-7-15)17-13-20-9-10-21-17/h1-4,9-10,13,15H,5-8,11-12H2,(H,22,24). The summed E-state index contributed by atoms with van der Waals surface area (Å²) in [6, 6.07) is 6.39. The quantitative estimate of drug-likeness (QED) is 0.914. The third-order valence-electron chi connectivity index (χ3n) is 4.37. The van der Waals surface area contributed by atoms with Gasteiger partial charge in [-0.3, -0.25) is 9.78 Å². The number of amides is 1. The summed E-state index contributed by atoms with van der Waals surface area (Å²) in [5.74, 6) is 0.785. The maximum absolute atomic E-state index is 12.9. The van der Waals surface area contributed by atoms with Crippen LogP contribution in [-0.4, -0.2) is 35.5 Å². The first-order chi connectivity index (χ1) is 11.7. The molecule has 1 aromatic carbocycles. The zero-order valence-electron chi connectivity index (χ0n) is 13.5. The van der Waals surface area contributed by atoms with Gasteiger partial charge in [-0.05, 0) is 37.0 Å². The van der Waals surface area contributed by atoms with Crippen LogP contribution in [0.5, 0.6) is 0 Å². The van der Waals surface area contributed by atoms with Gasteiger partial charge in [-0.2, -0.15) is 0 Å². The van der Waals surface area contributed by atoms with E-state index in [2.05, 4.69) is 20.2 Å². The molecule has 0 unspecified atom stereocenters. The van der Waals surface area contributed by atoms with Crippen LogP contribution >= 0.6 is 0 Å². The van der Waals surface area contributed by atoms with Crippen molar-refractivity contribution < 1.29 is 9.18 Å². The van der Waals surface area contributed by atoms with E-state index in [9.17, 15) is 9.18 Å². The molecule has 0 bridgehead atoms. The molecule has 1 amide bonds. The highest BCUT2D eigenvalue weighted by Gasteiger charge is 2.25. The Morgan fingerprint density at radius 2 is 1.96 bits per heavy atom. The summed E-state index contributed by atoms with van der Waals surface area (Å²) in [5.41, 5.74) is 1.02. The van der Waals surface area contributed by atoms with E-state index < -0.39 is 0 Å². The van der Waals surface area contributed by atoms with Gasteiger partial charge < -0.3 is 10.2 Å². The highest BCUT2D eigenvalue weighted by molar-refractivity contribution is 5.78. The Labute approximate surface area is 140 Å². The van der Waals surface area contributed by atoms with Gasteiger partial charge in [-0.15, -0.1) is 0 Å². The van der Waals surface area contributed by atoms with Gasteiger partial charge in [0, 0.05) is 37.9 Å². The molecule has 0 radical (unpaired) electrons. The number of carbonyl (C=O) groups excluding carboxylic acids is 1. The van der Waals surface area contributed by atoms with Crippen molar-refractivity contribution in [1.29, 1.82) is 0 Å². The van der Waals surface area contributed by atoms with E-state index in [1.54, 1.807) is 30.7 Å². The topological polar surface area (TPSA) is 58.1 Å². The summed E-state index contributed by atoms with van der Waals surface area (Å²) >= 11 is 0. The predicted molar refractivity (Wildman–Crippen MR) is 90.1 cm³/mol. The van der Waals surface area contributed by atoms with Crippen molar-refractivity contribution in [2.75, 3.05) is 24.5 Å². The molecule has 0 spiro atoms. The van der Waals surface area contributed by atoms with Gasteiger partial charge in [0.05, 0.1) is 6.20 Å². The van der Waals surface area contributed by atoms with Gasteiger partial charge in [0.2, 0.25) is 5.91 Å². The lowest BCUT2D eigenvalue weighted by atomic mass is 9.96. The van der Waals surface area contributed by atoms with Crippen LogP contribution in [0.2, 0.25) is 0 Å². The lowest BCUT2D eigenvalue weighted by Crippen LogP contribution is -2.41. The maximum atomic E-state index is 12.9. The molecule has 126 valence electrons. The first kappa shape index (κ1) is 16.4. The van der Waals surface area contributed by atoms with Crippen molar-refractivity contribution in [2.45, 2.75) is 19.3 Å². The molecule has 6 heteroatoms. The number of hydrogen-bond donors (Lipinski definition) is 1. The van der Waals surface area contributed by atoms with Crippen LogP contribution in [0.25, 0.3) is 0 Å². The van der Waals surface area contributed by atoms with E-state index in [1.807, 2.05) is 0 Å². The van der Waals surface area contributed by atoms with E-state index >= 15 is 0 Å². The largest absolute Gasteiger partial charge is 0.356 e. The molecule has 0 saturated carbocycles. The normalized spacial score (nSPS) is 15.3. The van der Waals surface area contributed by atoms with Gasteiger partial charge in [0.1, 0.15) is 11.6 Å². The highest BCUT2D eigenvalue weighted by Crippen LogP contribution is 2.21. The van der Waals surface area contributed by atoms with Crippen molar-refractivity contribution in [2.24, 2.45) is 5.92 Å². The number of piperidine rings is 1. The van der Waals surface area contributed by atoms with Crippen LogP contribution in [0.1, 0.15) is 18.4 Å². The molecule has 2 aromatic rings. The minimum Gasteiger partial charge on any atom is -0.356 e. The number of halogens is 1. The summed E-state index contributed by atoms with van der Waals surface area (Å²) < 4.78 is 12.9. The Hall–Kier alpha value is -2.50. The van der Waals surface area contributed by atoms with Crippen LogP contribution in [0.15, 0.2) is 42.9 Å². The Morgan fingerprint density at radius 1 is 1.21 bits per heavy atom. The van der Waals surface area contributed by atoms with Crippen LogP contribution in [0.4, 0.5) is 10.2 Å². The Bertz CT molecular complexity index is 654. The third kappa shape index (κ3) is 4.28. The van der Waals surface area contributed by atoms with Crippen molar-refractivity contribution in [3.05, 3.63) is 54.2 Å². The maximum Gasteiger partial charge on any atom is 0.223 e. The fourth-order valence-corrected chi connectivity index (χ4v) is 2.95. The van der Waals surface area contributed by atoms with E-state index in [0.717, 1.165) is 37.3 Å². The molecule has 1 fully saturated rings. The molecule has 0 atom stereocenters. The second kappa shape index (κ2) is 7.86. The van der Waals surface area contributed by atoms with Crippen molar-refractivity contribution in [1.82, 2.24) is 15.3 Å². The summed E-state index contributed by atoms with van der Waals surface area (Å²) in [5, 5.41) is 2.99. The molecule has 1 aliphatic rings. The number of rotatable bonds is 5. The smallest absolute Gasteiger partial charge is 0.223 e. The number of carbonyl (C=O) groups is 1. The number of nitrogens with zero attached hydrogens (tertiary/aromatic N) is 3. The third-order valence-corrected chi connectivity index (χ3v) is 4.37. The van der Waals surface area contributed by atoms with Crippen LogP contribution in [-0.2, 0) is 11.2 Å². The monoisotopic (exact) mass is 328 g/mol. The number of aromatic nitrogens is 2. The molecule has 1 aromatic heterocycles. The lowest BCUT2D eigenvalue weighted by molar-refractivity contribution is -0.125. The molecule has 0 aliphatic carbocycles. The number of benzene rings is 1. The second-order valence-electron chi connectivity index (χ2n) is 5.99. The number of hydrogen-bond acceptors (Lipinski definition) is 4. The van der Waals surface area contributed by atoms with Gasteiger partial charge in [-0.25, -0.2) is 9.37 Å². The molecule has 1 aliphatic heterocycles. The van der Waals surface area contributed by atoms with E-state index in [-0.39, 0.29) is 17.6 Å². The highest BCUT2D eigenvalue weighted by atomic mass is 19.1. The van der Waals surface area contributed by atoms with Crippen LogP contribution in [0.3, 0.4) is 0 Å². The minimum absolute atomic E-state index is 0.0474. The fourth-order valence-electron chi connectivity index (χ4n) is 2.95. The van der Waals surface area contributed by atoms with E-state index in [1.165, 1.54) is 12.1 Å². The molecule has 1 N–H and O–H groups in total. The summed E-state index contributed by atoms with van der Waals surface area (Å²) in [6.07, 6.45) is 7.44. The Balaban J connectivity index is 1.41. The molecule has 5 nitrogen and oxygen atoms in total. The summed E-state index contributed by atoms with van der Waals surface area (Å²) in [4.78, 5) is 22.8. The fraction of sp³-hybridized carbons (Fsp3) is 0.389. The lowest BCUT2D eigenvalue weighted by Gasteiger charge is -2.31. The number of anilines is 1. The van der Waals surface area contributed by atoms with Crippen molar-refractivity contribution in [3.63, 3.8) is 0 Å². The summed E-state index contributed by atoms with van der Waals surface area (Å²) in [6.45, 7) is 2.21. The SMILES string of the molecule is O=C(NCCc1ccc(F)cc1)C1CCN(c2cnccn2)CC1. The first-order valence-corrected chi connectivity index (χ1v) is 8.25. The zero-order valence-corrected chi connectivity index (χ0v) is 13.5. The zero-order chi connectivity index (χ0) is 16.8. The Kier molecular flexibility index (Phi) is 5.36. The van der Waals surface area contributed by atoms with E-state index in [0.29, 0.717) is 13.0 Å². The second-order valence-corrected chi connectivity index (χ2v) is 5.99. The Morgan fingerprint density at radius 3 is 2.62 bits per heavy atom. The number of nitrogens with one attached hydrogen (secondary N) is 1. The average Bonchev–Trinajstić information content (AvgIpc) is 2.64. The van der Waals surface area contributed by atoms with Gasteiger partial charge >= 0.3 is 0 Å². The van der Waals surface area contributed by atoms with Gasteiger partial charge in [-0.1, -0.05) is 12.1 Å². The van der Waals surface area contributed by atoms with Crippen molar-refractivity contribution >= 4 is 11.7 Å². The summed E-state index contributed by atoms with van der Waals surface area (Å²) in [7, 11) is 0. The van der Waals surface area contributed by atoms with Gasteiger partial charge in [0.15, 0.2) is 0 Å². The predicted octanol–water partition coefficient (Wildman–Crippen LogP) is 2.19. The minimum atomic E-state index is -0.238. The molecule has 24 heavy (non-hydrogen) atoms. The van der Waals surface area contributed by atoms with Crippen LogP contribution in [0, 0.1) is 11.7 Å². The molecular weight excluding hydrogens is 307 g/mol. The van der Waals surface area contributed by atoms with Crippen molar-refractivity contribution in [3.8, 4) is 0 Å². The van der Waals surface area contributed by atoms with Crippen LogP contribution < -0.4 is 10.2 Å².